The van der Waals surface area contributed by atoms with Gasteiger partial charge in [-0.25, -0.2) is 0 Å². The van der Waals surface area contributed by atoms with Crippen LogP contribution in [0.5, 0.6) is 0 Å². The zero-order chi connectivity index (χ0) is 4.50. The maximum absolute atomic E-state index is 7.69. The molecule has 0 atom stereocenters. The van der Waals surface area contributed by atoms with Gasteiger partial charge in [-0.15, -0.1) is 0 Å². The molecular formula is H3O3PSe. The van der Waals surface area contributed by atoms with E-state index >= 15 is 0 Å². The Bertz CT molecular complexity index is 53.0. The van der Waals surface area contributed by atoms with Gasteiger partial charge in [-0.05, 0) is 0 Å². The third-order valence-electron chi connectivity index (χ3n) is 0. The van der Waals surface area contributed by atoms with E-state index < -0.39 is 6.19 Å². The molecule has 5 heavy (non-hydrogen) atoms. The first-order chi connectivity index (χ1) is 2.00. The summed E-state index contributed by atoms with van der Waals surface area (Å²) in [6, 6.07) is 0. The molecule has 32 valence electrons. The molecule has 5 heteroatoms. The van der Waals surface area contributed by atoms with Crippen molar-refractivity contribution < 1.29 is 14.7 Å². The Balaban J connectivity index is 3.47. The molecule has 3 N–H and O–H groups in total. The monoisotopic (exact) mass is 162 g/mol. The van der Waals surface area contributed by atoms with Gasteiger partial charge in [-0.3, -0.25) is 0 Å². The van der Waals surface area contributed by atoms with Crippen molar-refractivity contribution in [3.8, 4) is 0 Å². The standard InChI is InChI=1S/H3O3PSe/c1-4(2,3)5/h(H3,1,2,3,5). The van der Waals surface area contributed by atoms with Crippen LogP contribution in [0, 0.1) is 0 Å². The third kappa shape index (κ3) is 56.2. The molecule has 0 aromatic carbocycles. The SMILES string of the molecule is OP(O)(O)=[Se]. The van der Waals surface area contributed by atoms with E-state index in [1.165, 1.54) is 0 Å². The van der Waals surface area contributed by atoms with E-state index in [0.717, 1.165) is 0 Å². The van der Waals surface area contributed by atoms with E-state index in [4.69, 9.17) is 14.7 Å². The molecule has 0 saturated carbocycles. The predicted octanol–water partition coefficient (Wildman–Crippen LogP) is -1.19. The van der Waals surface area contributed by atoms with Crippen LogP contribution in [0.25, 0.3) is 0 Å². The van der Waals surface area contributed by atoms with E-state index in [1.54, 1.807) is 15.1 Å². The maximum atomic E-state index is 7.69. The van der Waals surface area contributed by atoms with Crippen molar-refractivity contribution in [3.63, 3.8) is 0 Å². The fourth-order valence-corrected chi connectivity index (χ4v) is 0. The molecule has 0 fully saturated rings. The second-order valence-electron chi connectivity index (χ2n) is 0.513. The van der Waals surface area contributed by atoms with Gasteiger partial charge < -0.3 is 0 Å². The molecule has 0 heterocycles. The molecule has 0 aromatic heterocycles. The molecule has 0 amide bonds. The summed E-state index contributed by atoms with van der Waals surface area (Å²) in [5.41, 5.74) is 0. The summed E-state index contributed by atoms with van der Waals surface area (Å²) in [5.74, 6) is 0. The Morgan fingerprint density at radius 1 is 1.20 bits per heavy atom. The van der Waals surface area contributed by atoms with Gasteiger partial charge in [0.25, 0.3) is 0 Å². The second-order valence-corrected chi connectivity index (χ2v) is 4.62. The van der Waals surface area contributed by atoms with Crippen molar-refractivity contribution in [1.82, 2.24) is 0 Å². The van der Waals surface area contributed by atoms with Crippen molar-refractivity contribution >= 4 is 21.3 Å². The van der Waals surface area contributed by atoms with Gasteiger partial charge >= 0.3 is 36.0 Å². The molecule has 0 aromatic rings. The van der Waals surface area contributed by atoms with Gasteiger partial charge in [0.1, 0.15) is 0 Å². The summed E-state index contributed by atoms with van der Waals surface area (Å²) in [6.07, 6.45) is -3.51. The molecule has 0 radical (unpaired) electrons. The van der Waals surface area contributed by atoms with E-state index in [0.29, 0.717) is 0 Å². The van der Waals surface area contributed by atoms with Crippen LogP contribution in [0.3, 0.4) is 0 Å². The summed E-state index contributed by atoms with van der Waals surface area (Å²) in [4.78, 5) is 23.1. The average molecular weight is 161 g/mol. The predicted molar refractivity (Wildman–Crippen MR) is 19.3 cm³/mol. The van der Waals surface area contributed by atoms with Gasteiger partial charge in [0, 0.05) is 0 Å². The first kappa shape index (κ1) is 5.83. The van der Waals surface area contributed by atoms with Gasteiger partial charge in [0.15, 0.2) is 0 Å². The molecular weight excluding hydrogens is 158 g/mol. The van der Waals surface area contributed by atoms with E-state index in [9.17, 15) is 0 Å². The van der Waals surface area contributed by atoms with Crippen LogP contribution in [0.1, 0.15) is 0 Å². The number of hydrogen-bond donors (Lipinski definition) is 3. The molecule has 0 aliphatic carbocycles. The van der Waals surface area contributed by atoms with Gasteiger partial charge in [-0.2, -0.15) is 0 Å². The Labute approximate surface area is 36.7 Å². The molecule has 0 saturated heterocycles. The van der Waals surface area contributed by atoms with Gasteiger partial charge in [0.2, 0.25) is 0 Å². The quantitative estimate of drug-likeness (QED) is 0.309. The van der Waals surface area contributed by atoms with Gasteiger partial charge in [-0.1, -0.05) is 0 Å². The second kappa shape index (κ2) is 1.52. The molecule has 0 aliphatic heterocycles. The van der Waals surface area contributed by atoms with Crippen molar-refractivity contribution in [3.05, 3.63) is 0 Å². The van der Waals surface area contributed by atoms with Crippen LogP contribution in [0.4, 0.5) is 0 Å². The summed E-state index contributed by atoms with van der Waals surface area (Å²) in [5, 5.41) is 0. The van der Waals surface area contributed by atoms with Crippen molar-refractivity contribution in [2.75, 3.05) is 0 Å². The van der Waals surface area contributed by atoms with Crippen molar-refractivity contribution in [1.29, 1.82) is 0 Å². The van der Waals surface area contributed by atoms with Gasteiger partial charge in [0.05, 0.1) is 0 Å². The molecule has 3 nitrogen and oxygen atoms in total. The fourth-order valence-electron chi connectivity index (χ4n) is 0. The summed E-state index contributed by atoms with van der Waals surface area (Å²) < 4.78 is 0. The van der Waals surface area contributed by atoms with Crippen LogP contribution in [0.15, 0.2) is 0 Å². The Morgan fingerprint density at radius 2 is 1.20 bits per heavy atom. The van der Waals surface area contributed by atoms with E-state index in [-0.39, 0.29) is 0 Å². The molecule has 0 aliphatic rings. The van der Waals surface area contributed by atoms with Crippen molar-refractivity contribution in [2.24, 2.45) is 0 Å². The fraction of sp³-hybridized carbons (Fsp3) is 0. The first-order valence-corrected chi connectivity index (χ1v) is 4.65. The number of hydrogen-bond acceptors (Lipinski definition) is 3. The molecule has 0 unspecified atom stereocenters. The van der Waals surface area contributed by atoms with Crippen LogP contribution in [0.2, 0.25) is 0 Å². The molecule has 0 bridgehead atoms. The van der Waals surface area contributed by atoms with Crippen LogP contribution in [-0.4, -0.2) is 29.8 Å². The Hall–Kier alpha value is 0.829. The van der Waals surface area contributed by atoms with E-state index in [1.807, 2.05) is 0 Å². The van der Waals surface area contributed by atoms with Crippen LogP contribution < -0.4 is 0 Å². The first-order valence-electron chi connectivity index (χ1n) is 0.783. The Kier molecular flexibility index (Phi) is 1.77. The summed E-state index contributed by atoms with van der Waals surface area (Å²) >= 11 is 1.76. The summed E-state index contributed by atoms with van der Waals surface area (Å²) in [7, 11) is 0. The zero-order valence-electron chi connectivity index (χ0n) is 2.20. The average Bonchev–Trinajstić information content (AvgIpc) is 0.722. The topological polar surface area (TPSA) is 60.7 Å². The minimum absolute atomic E-state index is 1.76. The van der Waals surface area contributed by atoms with Crippen LogP contribution >= 0.6 is 6.19 Å². The molecule has 0 rings (SSSR count). The summed E-state index contributed by atoms with van der Waals surface area (Å²) in [6.45, 7) is 0. The van der Waals surface area contributed by atoms with Crippen molar-refractivity contribution in [2.45, 2.75) is 0 Å². The normalized spacial score (nSPS) is 11.8. The number of rotatable bonds is 0. The zero-order valence-corrected chi connectivity index (χ0v) is 4.80. The minimum atomic E-state index is -3.51. The Morgan fingerprint density at radius 3 is 1.20 bits per heavy atom. The molecule has 0 spiro atoms. The third-order valence-corrected chi connectivity index (χ3v) is 0. The van der Waals surface area contributed by atoms with E-state index in [2.05, 4.69) is 0 Å². The van der Waals surface area contributed by atoms with Crippen LogP contribution in [-0.2, 0) is 0 Å².